The van der Waals surface area contributed by atoms with Crippen LogP contribution in [0.5, 0.6) is 5.88 Å². The first kappa shape index (κ1) is 11.4. The number of hydrogen-bond acceptors (Lipinski definition) is 5. The lowest BCUT2D eigenvalue weighted by molar-refractivity contribution is -0.0777. The lowest BCUT2D eigenvalue weighted by atomic mass is 10.4. The molecule has 1 rings (SSSR count). The number of nitrogens with zero attached hydrogens (tertiary/aromatic N) is 2. The monoisotopic (exact) mass is 222 g/mol. The molecule has 0 atom stereocenters. The van der Waals surface area contributed by atoms with E-state index in [4.69, 9.17) is 0 Å². The molecule has 1 amide bonds. The Morgan fingerprint density at radius 1 is 1.67 bits per heavy atom. The van der Waals surface area contributed by atoms with Gasteiger partial charge in [0.1, 0.15) is 0 Å². The molecule has 84 valence electrons. The van der Waals surface area contributed by atoms with E-state index in [2.05, 4.69) is 19.3 Å². The summed E-state index contributed by atoms with van der Waals surface area (Å²) < 4.78 is 31.8. The van der Waals surface area contributed by atoms with Crippen LogP contribution in [-0.4, -0.2) is 36.9 Å². The zero-order chi connectivity index (χ0) is 11.4. The number of hydroxylamine groups is 2. The van der Waals surface area contributed by atoms with Crippen LogP contribution in [0.25, 0.3) is 0 Å². The molecule has 8 heteroatoms. The Hall–Kier alpha value is -1.70. The molecular weight excluding hydrogens is 214 g/mol. The number of carbonyl (C=O) groups is 1. The first-order chi connectivity index (χ1) is 7.04. The van der Waals surface area contributed by atoms with Crippen LogP contribution in [0.3, 0.4) is 0 Å². The molecule has 15 heavy (non-hydrogen) atoms. The third-order valence-electron chi connectivity index (χ3n) is 1.47. The molecule has 0 aliphatic carbocycles. The first-order valence-electron chi connectivity index (χ1n) is 3.78. The first-order valence-corrected chi connectivity index (χ1v) is 3.78. The number of aromatic nitrogens is 1. The van der Waals surface area contributed by atoms with Crippen molar-refractivity contribution in [2.24, 2.45) is 0 Å². The van der Waals surface area contributed by atoms with Gasteiger partial charge in [0.2, 0.25) is 5.76 Å². The zero-order valence-electron chi connectivity index (χ0n) is 7.94. The van der Waals surface area contributed by atoms with Crippen LogP contribution in [-0.2, 0) is 4.84 Å². The highest BCUT2D eigenvalue weighted by Crippen LogP contribution is 2.15. The van der Waals surface area contributed by atoms with Crippen molar-refractivity contribution in [3.8, 4) is 5.88 Å². The fraction of sp³-hybridized carbons (Fsp3) is 0.429. The van der Waals surface area contributed by atoms with Crippen molar-refractivity contribution in [1.82, 2.24) is 10.2 Å². The van der Waals surface area contributed by atoms with Crippen LogP contribution in [0.2, 0.25) is 0 Å². The van der Waals surface area contributed by atoms with Gasteiger partial charge in [-0.2, -0.15) is 8.78 Å². The van der Waals surface area contributed by atoms with E-state index in [-0.39, 0.29) is 5.76 Å². The van der Waals surface area contributed by atoms with E-state index in [1.54, 1.807) is 0 Å². The van der Waals surface area contributed by atoms with Crippen molar-refractivity contribution < 1.29 is 27.7 Å². The van der Waals surface area contributed by atoms with Crippen LogP contribution in [0, 0.1) is 0 Å². The smallest absolute Gasteiger partial charge is 0.388 e. The van der Waals surface area contributed by atoms with Gasteiger partial charge in [0, 0.05) is 7.05 Å². The fourth-order valence-electron chi connectivity index (χ4n) is 0.745. The van der Waals surface area contributed by atoms with Crippen molar-refractivity contribution in [1.29, 1.82) is 0 Å². The molecule has 1 aromatic heterocycles. The van der Waals surface area contributed by atoms with Crippen molar-refractivity contribution in [2.75, 3.05) is 14.2 Å². The van der Waals surface area contributed by atoms with E-state index < -0.39 is 18.4 Å². The second kappa shape index (κ2) is 4.69. The molecule has 1 aromatic rings. The maximum absolute atomic E-state index is 11.7. The Kier molecular flexibility index (Phi) is 3.56. The molecule has 0 aliphatic rings. The average Bonchev–Trinajstić information content (AvgIpc) is 2.63. The second-order valence-corrected chi connectivity index (χ2v) is 2.39. The Morgan fingerprint density at radius 2 is 2.33 bits per heavy atom. The number of alkyl halides is 2. The third-order valence-corrected chi connectivity index (χ3v) is 1.47. The summed E-state index contributed by atoms with van der Waals surface area (Å²) in [6.45, 7) is -3.02. The van der Waals surface area contributed by atoms with Gasteiger partial charge in [-0.15, -0.1) is 0 Å². The van der Waals surface area contributed by atoms with Crippen molar-refractivity contribution >= 4 is 5.91 Å². The summed E-state index contributed by atoms with van der Waals surface area (Å²) in [5.74, 6) is -1.37. The highest BCUT2D eigenvalue weighted by atomic mass is 19.3. The minimum absolute atomic E-state index is 0.255. The largest absolute Gasteiger partial charge is 0.414 e. The Morgan fingerprint density at radius 3 is 2.87 bits per heavy atom. The number of hydrogen-bond donors (Lipinski definition) is 0. The van der Waals surface area contributed by atoms with Gasteiger partial charge in [-0.3, -0.25) is 9.63 Å². The lowest BCUT2D eigenvalue weighted by Crippen LogP contribution is -2.24. The van der Waals surface area contributed by atoms with Gasteiger partial charge >= 0.3 is 12.5 Å². The van der Waals surface area contributed by atoms with Crippen LogP contribution in [0.4, 0.5) is 8.78 Å². The summed E-state index contributed by atoms with van der Waals surface area (Å²) in [5, 5.41) is 3.97. The summed E-state index contributed by atoms with van der Waals surface area (Å²) in [5.41, 5.74) is 0. The number of halogens is 2. The Labute approximate surface area is 83.3 Å². The number of ether oxygens (including phenoxy) is 1. The van der Waals surface area contributed by atoms with Gasteiger partial charge in [-0.05, 0) is 5.16 Å². The summed E-state index contributed by atoms with van der Waals surface area (Å²) in [7, 11) is 2.60. The lowest BCUT2D eigenvalue weighted by Gasteiger charge is -2.10. The van der Waals surface area contributed by atoms with Crippen LogP contribution in [0.15, 0.2) is 10.6 Å². The Bertz CT molecular complexity index is 341. The predicted octanol–water partition coefficient (Wildman–Crippen LogP) is 0.909. The number of amides is 1. The summed E-state index contributed by atoms with van der Waals surface area (Å²) in [4.78, 5) is 15.9. The summed E-state index contributed by atoms with van der Waals surface area (Å²) in [6, 6.07) is 0.948. The van der Waals surface area contributed by atoms with Gasteiger partial charge in [0.25, 0.3) is 5.88 Å². The maximum atomic E-state index is 11.7. The maximum Gasteiger partial charge on any atom is 0.388 e. The minimum Gasteiger partial charge on any atom is -0.414 e. The normalized spacial score (nSPS) is 10.5. The molecular formula is C7H8F2N2O4. The molecule has 0 saturated carbocycles. The third kappa shape index (κ3) is 2.88. The van der Waals surface area contributed by atoms with Crippen molar-refractivity contribution in [2.45, 2.75) is 6.61 Å². The minimum atomic E-state index is -3.02. The van der Waals surface area contributed by atoms with E-state index in [9.17, 15) is 13.6 Å². The Balaban J connectivity index is 2.71. The molecule has 0 N–H and O–H groups in total. The standard InChI is InChI=1S/C7H8F2N2O4/c1-11(13-2)6(12)4-3-5(10-15-4)14-7(8)9/h3,7H,1-2H3. The quantitative estimate of drug-likeness (QED) is 0.708. The van der Waals surface area contributed by atoms with E-state index >= 15 is 0 Å². The predicted molar refractivity (Wildman–Crippen MR) is 42.2 cm³/mol. The molecule has 6 nitrogen and oxygen atoms in total. The highest BCUT2D eigenvalue weighted by Gasteiger charge is 2.19. The summed E-state index contributed by atoms with van der Waals surface area (Å²) >= 11 is 0. The van der Waals surface area contributed by atoms with E-state index in [0.29, 0.717) is 0 Å². The molecule has 0 bridgehead atoms. The molecule has 0 unspecified atom stereocenters. The number of rotatable bonds is 4. The molecule has 0 saturated heterocycles. The molecule has 0 radical (unpaired) electrons. The van der Waals surface area contributed by atoms with Gasteiger partial charge in [-0.1, -0.05) is 0 Å². The van der Waals surface area contributed by atoms with Gasteiger partial charge < -0.3 is 9.26 Å². The average molecular weight is 222 g/mol. The van der Waals surface area contributed by atoms with E-state index in [1.165, 1.54) is 14.2 Å². The van der Waals surface area contributed by atoms with Gasteiger partial charge in [-0.25, -0.2) is 5.06 Å². The molecule has 0 aliphatic heterocycles. The number of carbonyl (C=O) groups excluding carboxylic acids is 1. The zero-order valence-corrected chi connectivity index (χ0v) is 7.94. The summed E-state index contributed by atoms with van der Waals surface area (Å²) in [6.07, 6.45) is 0. The molecule has 1 heterocycles. The van der Waals surface area contributed by atoms with E-state index in [0.717, 1.165) is 11.1 Å². The van der Waals surface area contributed by atoms with Crippen LogP contribution in [0.1, 0.15) is 10.6 Å². The SMILES string of the molecule is CON(C)C(=O)c1cc(OC(F)F)no1. The van der Waals surface area contributed by atoms with E-state index in [1.807, 2.05) is 0 Å². The topological polar surface area (TPSA) is 64.8 Å². The van der Waals surface area contributed by atoms with Crippen LogP contribution < -0.4 is 4.74 Å². The van der Waals surface area contributed by atoms with Crippen molar-refractivity contribution in [3.63, 3.8) is 0 Å². The highest BCUT2D eigenvalue weighted by molar-refractivity contribution is 5.90. The van der Waals surface area contributed by atoms with Crippen LogP contribution >= 0.6 is 0 Å². The molecule has 0 aromatic carbocycles. The molecule has 0 spiro atoms. The van der Waals surface area contributed by atoms with Gasteiger partial charge in [0.15, 0.2) is 0 Å². The van der Waals surface area contributed by atoms with Gasteiger partial charge in [0.05, 0.1) is 13.2 Å². The molecule has 0 fully saturated rings. The fourth-order valence-corrected chi connectivity index (χ4v) is 0.745. The second-order valence-electron chi connectivity index (χ2n) is 2.39. The van der Waals surface area contributed by atoms with Crippen molar-refractivity contribution in [3.05, 3.63) is 11.8 Å².